The second-order valence-corrected chi connectivity index (χ2v) is 6.34. The fraction of sp³-hybridized carbons (Fsp3) is 0.833. The normalized spacial score (nSPS) is 22.2. The number of hydrogen-bond donors (Lipinski definition) is 2. The van der Waals surface area contributed by atoms with Crippen LogP contribution in [-0.2, 0) is 14.6 Å². The molecule has 3 unspecified atom stereocenters. The molecule has 1 aliphatic rings. The molecule has 0 amide bonds. The van der Waals surface area contributed by atoms with E-state index in [0.717, 1.165) is 64.2 Å². The SMILES string of the molecule is CCCCCC(O)C1C=CC(CCCCCCCC(=O)O)OO1. The Kier molecular flexibility index (Phi) is 10.9. The summed E-state index contributed by atoms with van der Waals surface area (Å²) in [4.78, 5) is 21.0. The number of carboxylic acid groups (broad SMARTS) is 1. The Morgan fingerprint density at radius 3 is 2.43 bits per heavy atom. The second-order valence-electron chi connectivity index (χ2n) is 6.34. The van der Waals surface area contributed by atoms with Gasteiger partial charge in [-0.3, -0.25) is 4.79 Å². The van der Waals surface area contributed by atoms with Crippen molar-refractivity contribution in [2.75, 3.05) is 0 Å². The van der Waals surface area contributed by atoms with Crippen LogP contribution in [0.2, 0.25) is 0 Å². The average Bonchev–Trinajstić information content (AvgIpc) is 2.54. The molecule has 1 aliphatic heterocycles. The van der Waals surface area contributed by atoms with Gasteiger partial charge in [-0.2, -0.15) is 0 Å². The highest BCUT2D eigenvalue weighted by Crippen LogP contribution is 2.19. The minimum Gasteiger partial charge on any atom is -0.481 e. The van der Waals surface area contributed by atoms with Crippen molar-refractivity contribution < 1.29 is 24.8 Å². The summed E-state index contributed by atoms with van der Waals surface area (Å²) in [7, 11) is 0. The second kappa shape index (κ2) is 12.5. The molecule has 0 aliphatic carbocycles. The van der Waals surface area contributed by atoms with Crippen LogP contribution in [0, 0.1) is 0 Å². The molecule has 0 aromatic heterocycles. The number of carboxylic acids is 1. The predicted molar refractivity (Wildman–Crippen MR) is 89.0 cm³/mol. The van der Waals surface area contributed by atoms with Gasteiger partial charge in [-0.05, 0) is 19.3 Å². The first kappa shape index (κ1) is 20.1. The van der Waals surface area contributed by atoms with Gasteiger partial charge in [0.1, 0.15) is 12.2 Å². The minimum absolute atomic E-state index is 0.0342. The third-order valence-corrected chi connectivity index (χ3v) is 4.17. The van der Waals surface area contributed by atoms with Gasteiger partial charge in [0.15, 0.2) is 0 Å². The molecule has 134 valence electrons. The van der Waals surface area contributed by atoms with Crippen molar-refractivity contribution in [3.8, 4) is 0 Å². The van der Waals surface area contributed by atoms with E-state index in [4.69, 9.17) is 14.9 Å². The third-order valence-electron chi connectivity index (χ3n) is 4.17. The lowest BCUT2D eigenvalue weighted by molar-refractivity contribution is -0.352. The lowest BCUT2D eigenvalue weighted by Crippen LogP contribution is -2.32. The summed E-state index contributed by atoms with van der Waals surface area (Å²) in [5.41, 5.74) is 0. The number of aliphatic hydroxyl groups excluding tert-OH is 1. The molecule has 0 bridgehead atoms. The zero-order chi connectivity index (χ0) is 16.9. The molecular formula is C18H32O5. The molecule has 0 fully saturated rings. The Balaban J connectivity index is 2.05. The number of aliphatic carboxylic acids is 1. The maximum absolute atomic E-state index is 10.4. The summed E-state index contributed by atoms with van der Waals surface area (Å²) in [5.74, 6) is -0.714. The molecule has 0 aromatic carbocycles. The van der Waals surface area contributed by atoms with Crippen molar-refractivity contribution in [2.45, 2.75) is 95.9 Å². The molecule has 23 heavy (non-hydrogen) atoms. The Labute approximate surface area is 139 Å². The van der Waals surface area contributed by atoms with Gasteiger partial charge in [0.25, 0.3) is 0 Å². The van der Waals surface area contributed by atoms with Crippen molar-refractivity contribution in [3.63, 3.8) is 0 Å². The predicted octanol–water partition coefficient (Wildman–Crippen LogP) is 4.00. The van der Waals surface area contributed by atoms with Gasteiger partial charge in [-0.15, -0.1) is 0 Å². The topological polar surface area (TPSA) is 76.0 Å². The van der Waals surface area contributed by atoms with Crippen LogP contribution >= 0.6 is 0 Å². The Bertz CT molecular complexity index is 342. The zero-order valence-corrected chi connectivity index (χ0v) is 14.3. The molecule has 2 N–H and O–H groups in total. The fourth-order valence-electron chi connectivity index (χ4n) is 2.69. The summed E-state index contributed by atoms with van der Waals surface area (Å²) in [6, 6.07) is 0. The Morgan fingerprint density at radius 1 is 1.04 bits per heavy atom. The lowest BCUT2D eigenvalue weighted by Gasteiger charge is -2.26. The summed E-state index contributed by atoms with van der Waals surface area (Å²) in [5, 5.41) is 18.6. The van der Waals surface area contributed by atoms with Gasteiger partial charge in [-0.1, -0.05) is 64.0 Å². The van der Waals surface area contributed by atoms with Crippen LogP contribution in [0.3, 0.4) is 0 Å². The first-order chi connectivity index (χ1) is 11.1. The summed E-state index contributed by atoms with van der Waals surface area (Å²) < 4.78 is 0. The first-order valence-corrected chi connectivity index (χ1v) is 9.03. The molecule has 5 heteroatoms. The van der Waals surface area contributed by atoms with Crippen LogP contribution in [0.1, 0.15) is 77.6 Å². The molecule has 0 spiro atoms. The van der Waals surface area contributed by atoms with E-state index in [1.54, 1.807) is 0 Å². The highest BCUT2D eigenvalue weighted by Gasteiger charge is 2.23. The van der Waals surface area contributed by atoms with E-state index in [2.05, 4.69) is 6.92 Å². The van der Waals surface area contributed by atoms with Crippen LogP contribution in [0.4, 0.5) is 0 Å². The molecule has 0 radical (unpaired) electrons. The fourth-order valence-corrected chi connectivity index (χ4v) is 2.69. The van der Waals surface area contributed by atoms with E-state index in [0.29, 0.717) is 0 Å². The van der Waals surface area contributed by atoms with Gasteiger partial charge in [0, 0.05) is 6.42 Å². The Morgan fingerprint density at radius 2 is 1.78 bits per heavy atom. The smallest absolute Gasteiger partial charge is 0.303 e. The van der Waals surface area contributed by atoms with E-state index in [1.807, 2.05) is 12.2 Å². The van der Waals surface area contributed by atoms with Crippen molar-refractivity contribution in [3.05, 3.63) is 12.2 Å². The van der Waals surface area contributed by atoms with Gasteiger partial charge in [0.05, 0.1) is 6.10 Å². The molecule has 5 nitrogen and oxygen atoms in total. The van der Waals surface area contributed by atoms with Crippen LogP contribution < -0.4 is 0 Å². The monoisotopic (exact) mass is 328 g/mol. The number of carbonyl (C=O) groups is 1. The van der Waals surface area contributed by atoms with Crippen molar-refractivity contribution >= 4 is 5.97 Å². The third kappa shape index (κ3) is 9.74. The average molecular weight is 328 g/mol. The van der Waals surface area contributed by atoms with E-state index in [-0.39, 0.29) is 18.6 Å². The van der Waals surface area contributed by atoms with Crippen molar-refractivity contribution in [1.82, 2.24) is 0 Å². The van der Waals surface area contributed by atoms with Crippen LogP contribution in [0.25, 0.3) is 0 Å². The van der Waals surface area contributed by atoms with E-state index < -0.39 is 12.1 Å². The summed E-state index contributed by atoms with van der Waals surface area (Å²) >= 11 is 0. The summed E-state index contributed by atoms with van der Waals surface area (Å²) in [6.07, 6.45) is 13.1. The summed E-state index contributed by atoms with van der Waals surface area (Å²) in [6.45, 7) is 2.14. The maximum atomic E-state index is 10.4. The zero-order valence-electron chi connectivity index (χ0n) is 14.3. The van der Waals surface area contributed by atoms with Crippen molar-refractivity contribution in [1.29, 1.82) is 0 Å². The van der Waals surface area contributed by atoms with E-state index in [9.17, 15) is 9.90 Å². The van der Waals surface area contributed by atoms with Gasteiger partial charge in [-0.25, -0.2) is 9.78 Å². The van der Waals surface area contributed by atoms with Crippen LogP contribution in [0.5, 0.6) is 0 Å². The highest BCUT2D eigenvalue weighted by atomic mass is 17.2. The molecule has 1 heterocycles. The minimum atomic E-state index is -0.714. The lowest BCUT2D eigenvalue weighted by atomic mass is 10.0. The van der Waals surface area contributed by atoms with E-state index in [1.165, 1.54) is 0 Å². The van der Waals surface area contributed by atoms with E-state index >= 15 is 0 Å². The van der Waals surface area contributed by atoms with Gasteiger partial charge < -0.3 is 10.2 Å². The largest absolute Gasteiger partial charge is 0.481 e. The van der Waals surface area contributed by atoms with Crippen LogP contribution in [-0.4, -0.2) is 34.5 Å². The van der Waals surface area contributed by atoms with Crippen molar-refractivity contribution in [2.24, 2.45) is 0 Å². The maximum Gasteiger partial charge on any atom is 0.303 e. The number of unbranched alkanes of at least 4 members (excludes halogenated alkanes) is 6. The molecule has 0 aromatic rings. The molecule has 1 rings (SSSR count). The van der Waals surface area contributed by atoms with Crippen LogP contribution in [0.15, 0.2) is 12.2 Å². The molecular weight excluding hydrogens is 296 g/mol. The number of aliphatic hydroxyl groups is 1. The number of rotatable bonds is 13. The standard InChI is InChI=1S/C18H32O5/c1-2-3-7-11-16(19)17-14-13-15(22-23-17)10-8-5-4-6-9-12-18(20)21/h13-17,19H,2-12H2,1H3,(H,20,21). The Hall–Kier alpha value is -0.910. The van der Waals surface area contributed by atoms with Gasteiger partial charge in [0.2, 0.25) is 0 Å². The highest BCUT2D eigenvalue weighted by molar-refractivity contribution is 5.66. The molecule has 0 saturated heterocycles. The molecule has 3 atom stereocenters. The first-order valence-electron chi connectivity index (χ1n) is 9.03. The quantitative estimate of drug-likeness (QED) is 0.304. The van der Waals surface area contributed by atoms with Gasteiger partial charge >= 0.3 is 5.97 Å². The molecule has 0 saturated carbocycles. The number of hydrogen-bond acceptors (Lipinski definition) is 4.